The van der Waals surface area contributed by atoms with Crippen molar-refractivity contribution < 1.29 is 9.18 Å². The van der Waals surface area contributed by atoms with Crippen LogP contribution in [0.2, 0.25) is 5.15 Å². The van der Waals surface area contributed by atoms with E-state index in [1.807, 2.05) is 43.3 Å². The number of benzene rings is 2. The van der Waals surface area contributed by atoms with Gasteiger partial charge in [-0.25, -0.2) is 14.4 Å². The molecule has 36 heavy (non-hydrogen) atoms. The molecular formula is C29H21ClFN3O2. The minimum absolute atomic E-state index is 0.177. The van der Waals surface area contributed by atoms with Crippen LogP contribution in [0.25, 0.3) is 33.4 Å². The second-order valence-electron chi connectivity index (χ2n) is 8.56. The molecule has 178 valence electrons. The number of nitrogens with one attached hydrogen (secondary N) is 1. The predicted octanol–water partition coefficient (Wildman–Crippen LogP) is 6.57. The van der Waals surface area contributed by atoms with Crippen LogP contribution in [0.5, 0.6) is 0 Å². The lowest BCUT2D eigenvalue weighted by Crippen LogP contribution is -2.12. The topological polar surface area (TPSA) is 75.7 Å². The van der Waals surface area contributed by atoms with Crippen LogP contribution in [0.4, 0.5) is 4.39 Å². The van der Waals surface area contributed by atoms with Crippen molar-refractivity contribution in [3.8, 4) is 22.4 Å². The number of carbonyl (C=O) groups is 1. The molecule has 5 rings (SSSR count). The SMILES string of the molecule is Cc1cc(-c2cc3c(=O)cc(C(=O)CCc4ccccc4)[nH]c3nc2-c2ccc(F)cc2)cc(Cl)n1. The van der Waals surface area contributed by atoms with E-state index in [4.69, 9.17) is 16.6 Å². The van der Waals surface area contributed by atoms with Crippen LogP contribution >= 0.6 is 11.6 Å². The summed E-state index contributed by atoms with van der Waals surface area (Å²) in [7, 11) is 0. The van der Waals surface area contributed by atoms with Crippen molar-refractivity contribution in [2.24, 2.45) is 0 Å². The average Bonchev–Trinajstić information content (AvgIpc) is 2.87. The highest BCUT2D eigenvalue weighted by atomic mass is 35.5. The molecule has 0 saturated heterocycles. The monoisotopic (exact) mass is 497 g/mol. The summed E-state index contributed by atoms with van der Waals surface area (Å²) in [5, 5.41) is 0.643. The van der Waals surface area contributed by atoms with Crippen molar-refractivity contribution in [2.75, 3.05) is 0 Å². The van der Waals surface area contributed by atoms with Gasteiger partial charge in [-0.15, -0.1) is 0 Å². The van der Waals surface area contributed by atoms with Crippen LogP contribution < -0.4 is 5.43 Å². The summed E-state index contributed by atoms with van der Waals surface area (Å²) < 4.78 is 13.6. The van der Waals surface area contributed by atoms with Crippen molar-refractivity contribution in [3.63, 3.8) is 0 Å². The molecule has 0 spiro atoms. The first kappa shape index (κ1) is 23.6. The minimum atomic E-state index is -0.372. The van der Waals surface area contributed by atoms with Gasteiger partial charge in [-0.3, -0.25) is 9.59 Å². The highest BCUT2D eigenvalue weighted by molar-refractivity contribution is 6.29. The Morgan fingerprint density at radius 2 is 1.69 bits per heavy atom. The number of Topliss-reactive ketones (excluding diaryl/α,β-unsaturated/α-hetero) is 1. The second-order valence-corrected chi connectivity index (χ2v) is 8.95. The molecule has 0 atom stereocenters. The number of H-pyrrole nitrogens is 1. The van der Waals surface area contributed by atoms with Crippen molar-refractivity contribution >= 4 is 28.4 Å². The standard InChI is InChI=1S/C29H21ClFN3O2/c1-17-13-20(14-27(30)32-17)22-15-23-26(36)16-24(25(35)12-7-18-5-3-2-4-6-18)33-29(23)34-28(22)19-8-10-21(31)11-9-19/h2-6,8-11,13-16H,7,12H2,1H3,(H,33,34,36). The van der Waals surface area contributed by atoms with Gasteiger partial charge in [0.15, 0.2) is 11.2 Å². The van der Waals surface area contributed by atoms with E-state index < -0.39 is 0 Å². The van der Waals surface area contributed by atoms with E-state index >= 15 is 0 Å². The number of ketones is 1. The fourth-order valence-corrected chi connectivity index (χ4v) is 4.44. The maximum atomic E-state index is 13.6. The Morgan fingerprint density at radius 3 is 2.42 bits per heavy atom. The quantitative estimate of drug-likeness (QED) is 0.213. The number of fused-ring (bicyclic) bond motifs is 1. The Labute approximate surface area is 211 Å². The number of halogens is 2. The lowest BCUT2D eigenvalue weighted by Gasteiger charge is -2.13. The molecule has 0 saturated carbocycles. The highest BCUT2D eigenvalue weighted by Crippen LogP contribution is 2.34. The summed E-state index contributed by atoms with van der Waals surface area (Å²) in [6.07, 6.45) is 0.818. The van der Waals surface area contributed by atoms with Crippen molar-refractivity contribution in [1.82, 2.24) is 15.0 Å². The predicted molar refractivity (Wildman–Crippen MR) is 140 cm³/mol. The van der Waals surface area contributed by atoms with Gasteiger partial charge >= 0.3 is 0 Å². The van der Waals surface area contributed by atoms with Crippen LogP contribution in [0.3, 0.4) is 0 Å². The maximum absolute atomic E-state index is 13.6. The molecule has 1 N–H and O–H groups in total. The van der Waals surface area contributed by atoms with Crippen molar-refractivity contribution in [3.05, 3.63) is 117 Å². The first-order valence-corrected chi connectivity index (χ1v) is 11.8. The molecule has 0 aliphatic rings. The van der Waals surface area contributed by atoms with Crippen molar-refractivity contribution in [1.29, 1.82) is 0 Å². The third-order valence-corrected chi connectivity index (χ3v) is 6.14. The van der Waals surface area contributed by atoms with E-state index in [1.165, 1.54) is 18.2 Å². The van der Waals surface area contributed by atoms with Gasteiger partial charge in [0.25, 0.3) is 0 Å². The third kappa shape index (κ3) is 4.95. The van der Waals surface area contributed by atoms with E-state index in [0.29, 0.717) is 39.5 Å². The van der Waals surface area contributed by atoms with Gasteiger partial charge in [-0.2, -0.15) is 0 Å². The zero-order valence-electron chi connectivity index (χ0n) is 19.4. The Morgan fingerprint density at radius 1 is 0.944 bits per heavy atom. The van der Waals surface area contributed by atoms with Crippen LogP contribution in [-0.4, -0.2) is 20.7 Å². The molecule has 0 bridgehead atoms. The van der Waals surface area contributed by atoms with Crippen molar-refractivity contribution in [2.45, 2.75) is 19.8 Å². The van der Waals surface area contributed by atoms with Crippen LogP contribution in [-0.2, 0) is 6.42 Å². The first-order valence-electron chi connectivity index (χ1n) is 11.4. The minimum Gasteiger partial charge on any atom is -0.337 e. The Hall–Kier alpha value is -4.16. The van der Waals surface area contributed by atoms with Gasteiger partial charge in [0.05, 0.1) is 16.8 Å². The zero-order valence-corrected chi connectivity index (χ0v) is 20.1. The maximum Gasteiger partial charge on any atom is 0.191 e. The highest BCUT2D eigenvalue weighted by Gasteiger charge is 2.17. The summed E-state index contributed by atoms with van der Waals surface area (Å²) in [6.45, 7) is 1.82. The number of aryl methyl sites for hydroxylation is 2. The van der Waals surface area contributed by atoms with E-state index in [2.05, 4.69) is 9.97 Å². The van der Waals surface area contributed by atoms with Gasteiger partial charge in [0.1, 0.15) is 16.6 Å². The number of nitrogens with zero attached hydrogens (tertiary/aromatic N) is 2. The Kier molecular flexibility index (Phi) is 6.44. The number of hydrogen-bond acceptors (Lipinski definition) is 4. The summed E-state index contributed by atoms with van der Waals surface area (Å²) in [5.41, 5.74) is 4.47. The van der Waals surface area contributed by atoms with E-state index in [1.54, 1.807) is 24.3 Å². The summed E-state index contributed by atoms with van der Waals surface area (Å²) in [5.74, 6) is -0.549. The Balaban J connectivity index is 1.63. The van der Waals surface area contributed by atoms with Gasteiger partial charge in [-0.05, 0) is 66.9 Å². The second kappa shape index (κ2) is 9.84. The van der Waals surface area contributed by atoms with E-state index in [0.717, 1.165) is 11.1 Å². The molecule has 0 aliphatic carbocycles. The van der Waals surface area contributed by atoms with Gasteiger partial charge in [0, 0.05) is 29.3 Å². The zero-order chi connectivity index (χ0) is 25.2. The van der Waals surface area contributed by atoms with E-state index in [-0.39, 0.29) is 34.8 Å². The number of aromatic amines is 1. The molecule has 0 fully saturated rings. The number of hydrogen-bond donors (Lipinski definition) is 1. The number of aromatic nitrogens is 3. The van der Waals surface area contributed by atoms with Crippen LogP contribution in [0, 0.1) is 12.7 Å². The summed E-state index contributed by atoms with van der Waals surface area (Å²) in [6, 6.07) is 22.2. The largest absolute Gasteiger partial charge is 0.337 e. The number of pyridine rings is 3. The van der Waals surface area contributed by atoms with Gasteiger partial charge in [-0.1, -0.05) is 41.9 Å². The molecule has 5 aromatic rings. The number of rotatable bonds is 6. The average molecular weight is 498 g/mol. The normalized spacial score (nSPS) is 11.1. The van der Waals surface area contributed by atoms with Gasteiger partial charge < -0.3 is 4.98 Å². The fraction of sp³-hybridized carbons (Fsp3) is 0.103. The molecule has 7 heteroatoms. The summed E-state index contributed by atoms with van der Waals surface area (Å²) >= 11 is 6.21. The molecule has 3 heterocycles. The summed E-state index contributed by atoms with van der Waals surface area (Å²) in [4.78, 5) is 38.0. The Bertz CT molecular complexity index is 1630. The molecule has 0 unspecified atom stereocenters. The number of carbonyl (C=O) groups excluding carboxylic acids is 1. The smallest absolute Gasteiger partial charge is 0.191 e. The fourth-order valence-electron chi connectivity index (χ4n) is 4.19. The molecule has 5 nitrogen and oxygen atoms in total. The van der Waals surface area contributed by atoms with Gasteiger partial charge in [0.2, 0.25) is 0 Å². The molecule has 0 radical (unpaired) electrons. The molecule has 0 amide bonds. The lowest BCUT2D eigenvalue weighted by atomic mass is 9.98. The van der Waals surface area contributed by atoms with E-state index in [9.17, 15) is 14.0 Å². The molecule has 0 aliphatic heterocycles. The van der Waals surface area contributed by atoms with Crippen LogP contribution in [0.15, 0.2) is 83.7 Å². The molecule has 2 aromatic carbocycles. The lowest BCUT2D eigenvalue weighted by molar-refractivity contribution is 0.0978. The third-order valence-electron chi connectivity index (χ3n) is 5.95. The first-order chi connectivity index (χ1) is 17.4. The molecule has 3 aromatic heterocycles. The van der Waals surface area contributed by atoms with Crippen LogP contribution in [0.1, 0.15) is 28.2 Å². The molecular weight excluding hydrogens is 477 g/mol.